The van der Waals surface area contributed by atoms with Crippen LogP contribution in [-0.4, -0.2) is 33.6 Å². The number of rotatable bonds is 9. The van der Waals surface area contributed by atoms with Crippen molar-refractivity contribution in [1.29, 1.82) is 0 Å². The monoisotopic (exact) mass is 645 g/mol. The first-order valence-electron chi connectivity index (χ1n) is 12.5. The molecule has 1 fully saturated rings. The topological polar surface area (TPSA) is 92.6 Å². The zero-order valence-electron chi connectivity index (χ0n) is 21.5. The molecule has 1 amide bonds. The maximum absolute atomic E-state index is 13.5. The molecule has 1 aromatic heterocycles. The highest BCUT2D eigenvalue weighted by Gasteiger charge is 2.48. The molecule has 1 N–H and O–H groups in total. The molecule has 1 saturated heterocycles. The molecule has 7 nitrogen and oxygen atoms in total. The van der Waals surface area contributed by atoms with Crippen molar-refractivity contribution in [3.63, 3.8) is 0 Å². The molecule has 210 valence electrons. The van der Waals surface area contributed by atoms with Gasteiger partial charge in [0.05, 0.1) is 28.3 Å². The Morgan fingerprint density at radius 3 is 2.46 bits per heavy atom. The van der Waals surface area contributed by atoms with Crippen molar-refractivity contribution in [3.8, 4) is 5.75 Å². The summed E-state index contributed by atoms with van der Waals surface area (Å²) >= 11 is 21.3. The van der Waals surface area contributed by atoms with Gasteiger partial charge in [-0.15, -0.1) is 10.2 Å². The Balaban J connectivity index is 1.53. The zero-order chi connectivity index (χ0) is 29.1. The molecule has 1 aliphatic rings. The first-order valence-corrected chi connectivity index (χ1v) is 15.4. The lowest BCUT2D eigenvalue weighted by atomic mass is 9.95. The Labute approximate surface area is 259 Å². The lowest BCUT2D eigenvalue weighted by Crippen LogP contribution is -2.29. The van der Waals surface area contributed by atoms with Crippen molar-refractivity contribution in [2.24, 2.45) is 0 Å². The highest BCUT2D eigenvalue weighted by molar-refractivity contribution is 8.00. The molecule has 3 aromatic carbocycles. The van der Waals surface area contributed by atoms with Crippen LogP contribution in [0, 0.1) is 0 Å². The lowest BCUT2D eigenvalue weighted by Gasteiger charge is -2.23. The minimum Gasteiger partial charge on any atom is -0.507 e. The number of aliphatic hydroxyl groups is 1. The average Bonchev–Trinajstić information content (AvgIpc) is 3.54. The molecule has 1 unspecified atom stereocenters. The van der Waals surface area contributed by atoms with E-state index in [-0.39, 0.29) is 21.5 Å². The number of ketones is 1. The van der Waals surface area contributed by atoms with Crippen LogP contribution < -0.4 is 9.64 Å². The number of carbonyl (C=O) groups is 2. The van der Waals surface area contributed by atoms with E-state index < -0.39 is 17.7 Å². The summed E-state index contributed by atoms with van der Waals surface area (Å²) in [6, 6.07) is 17.9. The van der Waals surface area contributed by atoms with E-state index in [2.05, 4.69) is 10.2 Å². The van der Waals surface area contributed by atoms with E-state index >= 15 is 0 Å². The van der Waals surface area contributed by atoms with Crippen LogP contribution in [0.2, 0.25) is 15.1 Å². The van der Waals surface area contributed by atoms with Gasteiger partial charge in [-0.2, -0.15) is 0 Å². The molecular weight excluding hydrogens is 625 g/mol. The summed E-state index contributed by atoms with van der Waals surface area (Å²) in [6.07, 6.45) is 0.848. The second-order valence-electron chi connectivity index (χ2n) is 8.95. The van der Waals surface area contributed by atoms with Crippen LogP contribution in [0.15, 0.2) is 76.6 Å². The second-order valence-corrected chi connectivity index (χ2v) is 12.3. The van der Waals surface area contributed by atoms with Crippen LogP contribution in [0.5, 0.6) is 5.75 Å². The third-order valence-electron chi connectivity index (χ3n) is 6.22. The van der Waals surface area contributed by atoms with Gasteiger partial charge < -0.3 is 9.84 Å². The first kappa shape index (κ1) is 29.4. The number of nitrogens with zero attached hydrogens (tertiary/aromatic N) is 3. The van der Waals surface area contributed by atoms with E-state index in [4.69, 9.17) is 39.5 Å². The number of hydrogen-bond acceptors (Lipinski definition) is 8. The molecule has 5 rings (SSSR count). The Morgan fingerprint density at radius 2 is 1.76 bits per heavy atom. The number of halogens is 3. The van der Waals surface area contributed by atoms with Gasteiger partial charge in [0.2, 0.25) is 5.13 Å². The van der Waals surface area contributed by atoms with Crippen LogP contribution in [0.25, 0.3) is 5.76 Å². The molecule has 1 aliphatic heterocycles. The first-order chi connectivity index (χ1) is 19.8. The van der Waals surface area contributed by atoms with Gasteiger partial charge >= 0.3 is 5.91 Å². The molecule has 0 aliphatic carbocycles. The highest BCUT2D eigenvalue weighted by Crippen LogP contribution is 2.45. The summed E-state index contributed by atoms with van der Waals surface area (Å²) in [5.41, 5.74) is 1.66. The Hall–Kier alpha value is -3.08. The SMILES string of the molecule is CCCOc1ccc(/C(O)=C2/C(=O)C(=O)N(c3nnc(SCc4ccccc4Cl)s3)C2c2ccc(Cl)c(Cl)c2)cc1. The third-order valence-corrected chi connectivity index (χ3v) is 9.43. The van der Waals surface area contributed by atoms with Crippen LogP contribution in [0.4, 0.5) is 5.13 Å². The Bertz CT molecular complexity index is 1640. The van der Waals surface area contributed by atoms with Gasteiger partial charge in [-0.25, -0.2) is 0 Å². The Morgan fingerprint density at radius 1 is 1.00 bits per heavy atom. The van der Waals surface area contributed by atoms with Crippen molar-refractivity contribution in [3.05, 3.63) is 104 Å². The molecule has 0 spiro atoms. The van der Waals surface area contributed by atoms with Crippen molar-refractivity contribution in [2.75, 3.05) is 11.5 Å². The maximum atomic E-state index is 13.5. The molecule has 4 aromatic rings. The van der Waals surface area contributed by atoms with Gasteiger partial charge in [-0.05, 0) is 60.0 Å². The van der Waals surface area contributed by atoms with E-state index in [1.54, 1.807) is 42.5 Å². The summed E-state index contributed by atoms with van der Waals surface area (Å²) in [4.78, 5) is 28.1. The normalized spacial score (nSPS) is 16.4. The number of aliphatic hydroxyl groups excluding tert-OH is 1. The minimum atomic E-state index is -1.02. The predicted octanol–water partition coefficient (Wildman–Crippen LogP) is 8.21. The van der Waals surface area contributed by atoms with Crippen molar-refractivity contribution in [2.45, 2.75) is 29.5 Å². The van der Waals surface area contributed by atoms with Crippen LogP contribution in [-0.2, 0) is 15.3 Å². The number of amides is 1. The van der Waals surface area contributed by atoms with Gasteiger partial charge in [0.15, 0.2) is 4.34 Å². The van der Waals surface area contributed by atoms with Crippen LogP contribution in [0.3, 0.4) is 0 Å². The number of ether oxygens (including phenoxy) is 1. The molecule has 0 saturated carbocycles. The Kier molecular flexibility index (Phi) is 9.21. The molecule has 0 bridgehead atoms. The summed E-state index contributed by atoms with van der Waals surface area (Å²) in [5, 5.41) is 21.2. The minimum absolute atomic E-state index is 0.101. The maximum Gasteiger partial charge on any atom is 0.301 e. The molecule has 2 heterocycles. The fraction of sp³-hybridized carbons (Fsp3) is 0.172. The van der Waals surface area contributed by atoms with E-state index in [9.17, 15) is 14.7 Å². The summed E-state index contributed by atoms with van der Waals surface area (Å²) in [5.74, 6) is -0.863. The van der Waals surface area contributed by atoms with Gasteiger partial charge in [0, 0.05) is 16.3 Å². The molecule has 12 heteroatoms. The van der Waals surface area contributed by atoms with Crippen LogP contribution in [0.1, 0.15) is 36.1 Å². The van der Waals surface area contributed by atoms with Gasteiger partial charge in [-0.3, -0.25) is 14.5 Å². The molecular formula is C29H22Cl3N3O4S2. The van der Waals surface area contributed by atoms with Crippen molar-refractivity contribution in [1.82, 2.24) is 10.2 Å². The number of anilines is 1. The van der Waals surface area contributed by atoms with Gasteiger partial charge in [0.25, 0.3) is 5.78 Å². The number of carbonyl (C=O) groups excluding carboxylic acids is 2. The fourth-order valence-corrected chi connectivity index (χ4v) is 6.69. The number of hydrogen-bond donors (Lipinski definition) is 1. The zero-order valence-corrected chi connectivity index (χ0v) is 25.4. The largest absolute Gasteiger partial charge is 0.507 e. The van der Waals surface area contributed by atoms with E-state index in [0.717, 1.165) is 23.3 Å². The average molecular weight is 647 g/mol. The van der Waals surface area contributed by atoms with E-state index in [1.165, 1.54) is 16.7 Å². The third kappa shape index (κ3) is 6.24. The number of thioether (sulfide) groups is 1. The smallest absolute Gasteiger partial charge is 0.301 e. The van der Waals surface area contributed by atoms with E-state index in [1.807, 2.05) is 31.2 Å². The van der Waals surface area contributed by atoms with Crippen LogP contribution >= 0.6 is 57.9 Å². The summed E-state index contributed by atoms with van der Waals surface area (Å²) in [6.45, 7) is 2.55. The highest BCUT2D eigenvalue weighted by atomic mass is 35.5. The predicted molar refractivity (Wildman–Crippen MR) is 164 cm³/mol. The fourth-order valence-electron chi connectivity index (χ4n) is 4.23. The quantitative estimate of drug-likeness (QED) is 0.0644. The lowest BCUT2D eigenvalue weighted by molar-refractivity contribution is -0.132. The molecule has 1 atom stereocenters. The summed E-state index contributed by atoms with van der Waals surface area (Å²) < 4.78 is 6.20. The van der Waals surface area contributed by atoms with E-state index in [0.29, 0.717) is 43.6 Å². The molecule has 0 radical (unpaired) electrons. The molecule has 41 heavy (non-hydrogen) atoms. The number of benzene rings is 3. The van der Waals surface area contributed by atoms with Gasteiger partial charge in [-0.1, -0.05) is 89.1 Å². The number of Topliss-reactive ketones (excluding diaryl/α,β-unsaturated/α-hetero) is 1. The number of aromatic nitrogens is 2. The van der Waals surface area contributed by atoms with Crippen molar-refractivity contribution >= 4 is 80.5 Å². The standard InChI is InChI=1S/C29H22Cl3N3O4S2/c1-2-13-39-19-10-7-16(8-11-19)25(36)23-24(17-9-12-21(31)22(32)14-17)35(27(38)26(23)37)28-33-34-29(41-28)40-15-18-5-3-4-6-20(18)30/h3-12,14,24,36H,2,13,15H2,1H3/b25-23-. The summed E-state index contributed by atoms with van der Waals surface area (Å²) in [7, 11) is 0. The van der Waals surface area contributed by atoms with Gasteiger partial charge in [0.1, 0.15) is 11.5 Å². The van der Waals surface area contributed by atoms with Crippen molar-refractivity contribution < 1.29 is 19.4 Å². The second kappa shape index (κ2) is 12.8.